The van der Waals surface area contributed by atoms with Crippen molar-refractivity contribution in [1.82, 2.24) is 5.32 Å². The molecule has 18 heavy (non-hydrogen) atoms. The van der Waals surface area contributed by atoms with Crippen LogP contribution in [-0.2, 0) is 4.74 Å². The second-order valence-corrected chi connectivity index (χ2v) is 3.39. The Kier molecular flexibility index (Phi) is 5.44. The molecule has 96 valence electrons. The molecule has 1 rings (SSSR count). The summed E-state index contributed by atoms with van der Waals surface area (Å²) in [7, 11) is 0. The Labute approximate surface area is 106 Å². The van der Waals surface area contributed by atoms with Gasteiger partial charge >= 0.3 is 12.0 Å². The molecular weight excluding hydrogens is 232 g/mol. The molecular formula is C13H16N2O3. The van der Waals surface area contributed by atoms with E-state index >= 15 is 0 Å². The molecule has 5 nitrogen and oxygen atoms in total. The van der Waals surface area contributed by atoms with Gasteiger partial charge in [-0.05, 0) is 19.1 Å². The van der Waals surface area contributed by atoms with Crippen LogP contribution in [0.1, 0.15) is 17.3 Å². The standard InChI is InChI=1S/C13H16N2O3/c1-3-9-14-13(17)15-11-8-6-5-7-10(11)12(16)18-4-2/h3,5-8H,1,4,9H2,2H3,(H2,14,15,17). The Bertz CT molecular complexity index is 444. The summed E-state index contributed by atoms with van der Waals surface area (Å²) in [6, 6.07) is 6.28. The molecule has 0 spiro atoms. The summed E-state index contributed by atoms with van der Waals surface area (Å²) in [4.78, 5) is 23.1. The lowest BCUT2D eigenvalue weighted by molar-refractivity contribution is 0.0527. The summed E-state index contributed by atoms with van der Waals surface area (Å²) < 4.78 is 4.90. The zero-order valence-corrected chi connectivity index (χ0v) is 10.2. The van der Waals surface area contributed by atoms with Crippen LogP contribution in [0.3, 0.4) is 0 Å². The molecule has 0 aliphatic rings. The van der Waals surface area contributed by atoms with Gasteiger partial charge in [-0.3, -0.25) is 0 Å². The average Bonchev–Trinajstić information content (AvgIpc) is 2.37. The fourth-order valence-corrected chi connectivity index (χ4v) is 1.31. The van der Waals surface area contributed by atoms with Crippen LogP contribution < -0.4 is 10.6 Å². The number of urea groups is 1. The molecule has 1 aromatic carbocycles. The van der Waals surface area contributed by atoms with Crippen molar-refractivity contribution in [2.45, 2.75) is 6.92 Å². The Morgan fingerprint density at radius 1 is 1.39 bits per heavy atom. The van der Waals surface area contributed by atoms with E-state index in [9.17, 15) is 9.59 Å². The minimum Gasteiger partial charge on any atom is -0.462 e. The SMILES string of the molecule is C=CCNC(=O)Nc1ccccc1C(=O)OCC. The summed E-state index contributed by atoms with van der Waals surface area (Å²) in [6.45, 7) is 5.86. The third kappa shape index (κ3) is 3.93. The van der Waals surface area contributed by atoms with Gasteiger partial charge in [-0.25, -0.2) is 9.59 Å². The highest BCUT2D eigenvalue weighted by atomic mass is 16.5. The normalized spacial score (nSPS) is 9.39. The highest BCUT2D eigenvalue weighted by Gasteiger charge is 2.13. The van der Waals surface area contributed by atoms with Gasteiger partial charge in [0.25, 0.3) is 0 Å². The number of anilines is 1. The van der Waals surface area contributed by atoms with Crippen LogP contribution in [0.25, 0.3) is 0 Å². The van der Waals surface area contributed by atoms with Gasteiger partial charge in [0.05, 0.1) is 17.9 Å². The van der Waals surface area contributed by atoms with Crippen LogP contribution in [0, 0.1) is 0 Å². The number of nitrogens with one attached hydrogen (secondary N) is 2. The van der Waals surface area contributed by atoms with Gasteiger partial charge in [0, 0.05) is 6.54 Å². The maximum absolute atomic E-state index is 11.7. The fraction of sp³-hybridized carbons (Fsp3) is 0.231. The lowest BCUT2D eigenvalue weighted by Crippen LogP contribution is -2.29. The molecule has 0 unspecified atom stereocenters. The average molecular weight is 248 g/mol. The summed E-state index contributed by atoms with van der Waals surface area (Å²) in [6.07, 6.45) is 1.57. The number of amides is 2. The van der Waals surface area contributed by atoms with Gasteiger partial charge in [0.1, 0.15) is 0 Å². The number of benzene rings is 1. The molecule has 1 aromatic rings. The molecule has 0 aliphatic heterocycles. The van der Waals surface area contributed by atoms with Crippen molar-refractivity contribution in [3.8, 4) is 0 Å². The maximum Gasteiger partial charge on any atom is 0.340 e. The van der Waals surface area contributed by atoms with Crippen LogP contribution >= 0.6 is 0 Å². The second kappa shape index (κ2) is 7.11. The molecule has 2 amide bonds. The molecule has 0 bridgehead atoms. The maximum atomic E-state index is 11.7. The second-order valence-electron chi connectivity index (χ2n) is 3.39. The van der Waals surface area contributed by atoms with Crippen LogP contribution in [0.4, 0.5) is 10.5 Å². The number of para-hydroxylation sites is 1. The molecule has 0 aliphatic carbocycles. The first-order valence-corrected chi connectivity index (χ1v) is 5.61. The van der Waals surface area contributed by atoms with Crippen LogP contribution in [0.2, 0.25) is 0 Å². The fourth-order valence-electron chi connectivity index (χ4n) is 1.31. The largest absolute Gasteiger partial charge is 0.462 e. The summed E-state index contributed by atoms with van der Waals surface area (Å²) in [5, 5.41) is 5.14. The number of carbonyl (C=O) groups is 2. The smallest absolute Gasteiger partial charge is 0.340 e. The van der Waals surface area contributed by atoms with E-state index in [1.807, 2.05) is 0 Å². The molecule has 5 heteroatoms. The first kappa shape index (κ1) is 13.8. The number of ether oxygens (including phenoxy) is 1. The zero-order valence-electron chi connectivity index (χ0n) is 10.2. The van der Waals surface area contributed by atoms with Gasteiger partial charge in [-0.15, -0.1) is 6.58 Å². The van der Waals surface area contributed by atoms with Gasteiger partial charge < -0.3 is 15.4 Å². The van der Waals surface area contributed by atoms with E-state index in [-0.39, 0.29) is 6.61 Å². The Balaban J connectivity index is 2.78. The predicted octanol–water partition coefficient (Wildman–Crippen LogP) is 2.17. The van der Waals surface area contributed by atoms with Crippen molar-refractivity contribution < 1.29 is 14.3 Å². The van der Waals surface area contributed by atoms with E-state index < -0.39 is 12.0 Å². The number of hydrogen-bond acceptors (Lipinski definition) is 3. The number of hydrogen-bond donors (Lipinski definition) is 2. The molecule has 0 atom stereocenters. The molecule has 0 heterocycles. The zero-order chi connectivity index (χ0) is 13.4. The highest BCUT2D eigenvalue weighted by molar-refractivity contribution is 6.00. The predicted molar refractivity (Wildman–Crippen MR) is 69.6 cm³/mol. The summed E-state index contributed by atoms with van der Waals surface area (Å²) in [5.41, 5.74) is 0.741. The van der Waals surface area contributed by atoms with Crippen LogP contribution in [-0.4, -0.2) is 25.2 Å². The quantitative estimate of drug-likeness (QED) is 0.620. The van der Waals surface area contributed by atoms with E-state index in [0.29, 0.717) is 17.8 Å². The monoisotopic (exact) mass is 248 g/mol. The lowest BCUT2D eigenvalue weighted by Gasteiger charge is -2.10. The molecule has 0 saturated heterocycles. The summed E-state index contributed by atoms with van der Waals surface area (Å²) in [5.74, 6) is -0.461. The van der Waals surface area contributed by atoms with Crippen molar-refractivity contribution in [3.05, 3.63) is 42.5 Å². The highest BCUT2D eigenvalue weighted by Crippen LogP contribution is 2.15. The minimum atomic E-state index is -0.461. The molecule has 0 radical (unpaired) electrons. The van der Waals surface area contributed by atoms with E-state index in [4.69, 9.17) is 4.74 Å². The van der Waals surface area contributed by atoms with Crippen LogP contribution in [0.15, 0.2) is 36.9 Å². The lowest BCUT2D eigenvalue weighted by atomic mass is 10.2. The van der Waals surface area contributed by atoms with Gasteiger partial charge in [0.2, 0.25) is 0 Å². The van der Waals surface area contributed by atoms with Crippen molar-refractivity contribution in [1.29, 1.82) is 0 Å². The van der Waals surface area contributed by atoms with Crippen LogP contribution in [0.5, 0.6) is 0 Å². The van der Waals surface area contributed by atoms with E-state index in [1.165, 1.54) is 0 Å². The third-order valence-electron chi connectivity index (χ3n) is 2.08. The molecule has 2 N–H and O–H groups in total. The Hall–Kier alpha value is -2.30. The Morgan fingerprint density at radius 3 is 2.78 bits per heavy atom. The number of esters is 1. The van der Waals surface area contributed by atoms with Gasteiger partial charge in [-0.2, -0.15) is 0 Å². The van der Waals surface area contributed by atoms with E-state index in [1.54, 1.807) is 37.3 Å². The summed E-state index contributed by atoms with van der Waals surface area (Å²) >= 11 is 0. The molecule has 0 aromatic heterocycles. The number of carbonyl (C=O) groups excluding carboxylic acids is 2. The van der Waals surface area contributed by atoms with E-state index in [0.717, 1.165) is 0 Å². The molecule has 0 saturated carbocycles. The first-order chi connectivity index (χ1) is 8.69. The molecule has 0 fully saturated rings. The minimum absolute atomic E-state index is 0.288. The first-order valence-electron chi connectivity index (χ1n) is 5.61. The van der Waals surface area contributed by atoms with Gasteiger partial charge in [-0.1, -0.05) is 18.2 Å². The topological polar surface area (TPSA) is 67.4 Å². The van der Waals surface area contributed by atoms with Crippen molar-refractivity contribution >= 4 is 17.7 Å². The van der Waals surface area contributed by atoms with Crippen molar-refractivity contribution in [2.75, 3.05) is 18.5 Å². The van der Waals surface area contributed by atoms with Crippen molar-refractivity contribution in [3.63, 3.8) is 0 Å². The third-order valence-corrected chi connectivity index (χ3v) is 2.08. The number of rotatable bonds is 5. The van der Waals surface area contributed by atoms with Gasteiger partial charge in [0.15, 0.2) is 0 Å². The Morgan fingerprint density at radius 2 is 2.11 bits per heavy atom. The van der Waals surface area contributed by atoms with E-state index in [2.05, 4.69) is 17.2 Å². The van der Waals surface area contributed by atoms with Crippen molar-refractivity contribution in [2.24, 2.45) is 0 Å².